The van der Waals surface area contributed by atoms with Crippen LogP contribution in [0.4, 0.5) is 4.39 Å². The van der Waals surface area contributed by atoms with E-state index in [1.165, 1.54) is 24.0 Å². The molecule has 1 amide bonds. The van der Waals surface area contributed by atoms with Gasteiger partial charge in [-0.05, 0) is 31.9 Å². The number of hydrogen-bond donors (Lipinski definition) is 2. The van der Waals surface area contributed by atoms with Gasteiger partial charge in [0.2, 0.25) is 15.9 Å². The van der Waals surface area contributed by atoms with Crippen molar-refractivity contribution in [1.29, 1.82) is 0 Å². The standard InChI is InChI=1S/C15H19FN2O5S/c1-10(14(19)18-8-4-5-11(9-18)15(20)21)17-24(22,23)13-7-3-2-6-12(13)16/h2-3,6-7,10-11,17H,4-5,8-9H2,1H3,(H,20,21). The summed E-state index contributed by atoms with van der Waals surface area (Å²) in [6.45, 7) is 1.76. The molecule has 0 radical (unpaired) electrons. The van der Waals surface area contributed by atoms with Gasteiger partial charge in [-0.2, -0.15) is 4.72 Å². The van der Waals surface area contributed by atoms with Gasteiger partial charge in [-0.25, -0.2) is 12.8 Å². The number of carbonyl (C=O) groups is 2. The van der Waals surface area contributed by atoms with Crippen LogP contribution in [0.1, 0.15) is 19.8 Å². The molecule has 0 saturated carbocycles. The lowest BCUT2D eigenvalue weighted by Gasteiger charge is -2.32. The maximum Gasteiger partial charge on any atom is 0.308 e. The number of sulfonamides is 1. The minimum atomic E-state index is -4.19. The molecule has 0 bridgehead atoms. The van der Waals surface area contributed by atoms with Gasteiger partial charge in [0.05, 0.1) is 12.0 Å². The van der Waals surface area contributed by atoms with Gasteiger partial charge in [0, 0.05) is 13.1 Å². The maximum absolute atomic E-state index is 13.7. The van der Waals surface area contributed by atoms with Crippen molar-refractivity contribution in [3.63, 3.8) is 0 Å². The molecule has 2 unspecified atom stereocenters. The van der Waals surface area contributed by atoms with Gasteiger partial charge in [0.25, 0.3) is 0 Å². The number of hydrogen-bond acceptors (Lipinski definition) is 4. The zero-order chi connectivity index (χ0) is 17.9. The Labute approximate surface area is 139 Å². The summed E-state index contributed by atoms with van der Waals surface area (Å²) in [5.74, 6) is -3.07. The van der Waals surface area contributed by atoms with Crippen LogP contribution in [0, 0.1) is 11.7 Å². The van der Waals surface area contributed by atoms with Crippen molar-refractivity contribution in [2.45, 2.75) is 30.7 Å². The Hall–Kier alpha value is -2.00. The van der Waals surface area contributed by atoms with E-state index in [0.717, 1.165) is 12.1 Å². The number of carboxylic acid groups (broad SMARTS) is 1. The van der Waals surface area contributed by atoms with Gasteiger partial charge in [0.1, 0.15) is 10.7 Å². The number of rotatable bonds is 5. The number of halogens is 1. The van der Waals surface area contributed by atoms with Crippen molar-refractivity contribution < 1.29 is 27.5 Å². The van der Waals surface area contributed by atoms with E-state index in [1.807, 2.05) is 0 Å². The van der Waals surface area contributed by atoms with Crippen LogP contribution in [0.2, 0.25) is 0 Å². The van der Waals surface area contributed by atoms with Crippen LogP contribution in [0.25, 0.3) is 0 Å². The van der Waals surface area contributed by atoms with Crippen LogP contribution in [-0.4, -0.2) is 49.4 Å². The molecule has 1 aromatic rings. The van der Waals surface area contributed by atoms with Crippen LogP contribution >= 0.6 is 0 Å². The summed E-state index contributed by atoms with van der Waals surface area (Å²) in [6, 6.07) is 3.75. The van der Waals surface area contributed by atoms with Gasteiger partial charge in [-0.3, -0.25) is 9.59 Å². The molecule has 0 spiro atoms. The number of amides is 1. The summed E-state index contributed by atoms with van der Waals surface area (Å²) in [5.41, 5.74) is 0. The van der Waals surface area contributed by atoms with Crippen LogP contribution < -0.4 is 4.72 Å². The van der Waals surface area contributed by atoms with Crippen LogP contribution in [-0.2, 0) is 19.6 Å². The fourth-order valence-electron chi connectivity index (χ4n) is 2.66. The third-order valence-electron chi connectivity index (χ3n) is 3.91. The number of aliphatic carboxylic acids is 1. The molecular formula is C15H19FN2O5S. The lowest BCUT2D eigenvalue weighted by Crippen LogP contribution is -2.50. The van der Waals surface area contributed by atoms with Crippen molar-refractivity contribution in [2.24, 2.45) is 5.92 Å². The van der Waals surface area contributed by atoms with Gasteiger partial charge >= 0.3 is 5.97 Å². The summed E-state index contributed by atoms with van der Waals surface area (Å²) >= 11 is 0. The molecule has 1 aromatic carbocycles. The molecule has 1 saturated heterocycles. The number of piperidine rings is 1. The Balaban J connectivity index is 2.08. The van der Waals surface area contributed by atoms with Crippen LogP contribution in [0.3, 0.4) is 0 Å². The van der Waals surface area contributed by atoms with E-state index in [-0.39, 0.29) is 6.54 Å². The largest absolute Gasteiger partial charge is 0.481 e. The van der Waals surface area contributed by atoms with E-state index in [1.54, 1.807) is 0 Å². The van der Waals surface area contributed by atoms with Crippen molar-refractivity contribution in [3.8, 4) is 0 Å². The summed E-state index contributed by atoms with van der Waals surface area (Å²) in [6.07, 6.45) is 1.02. The molecule has 9 heteroatoms. The molecule has 24 heavy (non-hydrogen) atoms. The van der Waals surface area contributed by atoms with Crippen molar-refractivity contribution in [1.82, 2.24) is 9.62 Å². The summed E-state index contributed by atoms with van der Waals surface area (Å²) in [5, 5.41) is 9.05. The first kappa shape index (κ1) is 18.3. The lowest BCUT2D eigenvalue weighted by molar-refractivity contribution is -0.146. The molecule has 1 aliphatic heterocycles. The maximum atomic E-state index is 13.7. The molecule has 2 atom stereocenters. The van der Waals surface area contributed by atoms with Gasteiger partial charge in [-0.15, -0.1) is 0 Å². The molecule has 1 aliphatic rings. The topological polar surface area (TPSA) is 104 Å². The molecule has 0 aliphatic carbocycles. The monoisotopic (exact) mass is 358 g/mol. The Bertz CT molecular complexity index is 737. The Morgan fingerprint density at radius 2 is 2.04 bits per heavy atom. The molecule has 1 fully saturated rings. The predicted molar refractivity (Wildman–Crippen MR) is 83.1 cm³/mol. The number of nitrogens with one attached hydrogen (secondary N) is 1. The van der Waals surface area contributed by atoms with E-state index < -0.39 is 44.6 Å². The third-order valence-corrected chi connectivity index (χ3v) is 5.48. The van der Waals surface area contributed by atoms with Crippen LogP contribution in [0.15, 0.2) is 29.2 Å². The highest BCUT2D eigenvalue weighted by atomic mass is 32.2. The van der Waals surface area contributed by atoms with Gasteiger partial charge < -0.3 is 10.0 Å². The number of likely N-dealkylation sites (tertiary alicyclic amines) is 1. The van der Waals surface area contributed by atoms with E-state index in [0.29, 0.717) is 19.4 Å². The van der Waals surface area contributed by atoms with E-state index in [9.17, 15) is 22.4 Å². The lowest BCUT2D eigenvalue weighted by atomic mass is 9.98. The molecule has 2 N–H and O–H groups in total. The fraction of sp³-hybridized carbons (Fsp3) is 0.467. The third kappa shape index (κ3) is 4.09. The minimum absolute atomic E-state index is 0.0416. The molecular weight excluding hydrogens is 339 g/mol. The highest BCUT2D eigenvalue weighted by Gasteiger charge is 2.32. The molecule has 132 valence electrons. The quantitative estimate of drug-likeness (QED) is 0.811. The highest BCUT2D eigenvalue weighted by molar-refractivity contribution is 7.89. The van der Waals surface area contributed by atoms with Gasteiger partial charge in [0.15, 0.2) is 0 Å². The second-order valence-corrected chi connectivity index (χ2v) is 7.42. The second-order valence-electron chi connectivity index (χ2n) is 5.74. The number of carboxylic acids is 1. The minimum Gasteiger partial charge on any atom is -0.481 e. The summed E-state index contributed by atoms with van der Waals surface area (Å²) < 4.78 is 40.2. The molecule has 1 heterocycles. The first-order chi connectivity index (χ1) is 11.2. The highest BCUT2D eigenvalue weighted by Crippen LogP contribution is 2.18. The summed E-state index contributed by atoms with van der Waals surface area (Å²) in [7, 11) is -4.19. The SMILES string of the molecule is CC(NS(=O)(=O)c1ccccc1F)C(=O)N1CCCC(C(=O)O)C1. The normalized spacial score (nSPS) is 19.8. The van der Waals surface area contributed by atoms with Crippen LogP contribution in [0.5, 0.6) is 0 Å². The fourth-order valence-corrected chi connectivity index (χ4v) is 3.94. The average molecular weight is 358 g/mol. The summed E-state index contributed by atoms with van der Waals surface area (Å²) in [4.78, 5) is 24.2. The van der Waals surface area contributed by atoms with Gasteiger partial charge in [-0.1, -0.05) is 12.1 Å². The second kappa shape index (κ2) is 7.27. The predicted octanol–water partition coefficient (Wildman–Crippen LogP) is 0.816. The molecule has 7 nitrogen and oxygen atoms in total. The van der Waals surface area contributed by atoms with E-state index in [2.05, 4.69) is 4.72 Å². The molecule has 0 aromatic heterocycles. The Morgan fingerprint density at radius 3 is 2.67 bits per heavy atom. The molecule has 2 rings (SSSR count). The first-order valence-electron chi connectivity index (χ1n) is 7.51. The first-order valence-corrected chi connectivity index (χ1v) is 8.99. The van der Waals surface area contributed by atoms with E-state index >= 15 is 0 Å². The number of nitrogens with zero attached hydrogens (tertiary/aromatic N) is 1. The van der Waals surface area contributed by atoms with E-state index in [4.69, 9.17) is 5.11 Å². The van der Waals surface area contributed by atoms with Crippen molar-refractivity contribution >= 4 is 21.9 Å². The Morgan fingerprint density at radius 1 is 1.38 bits per heavy atom. The zero-order valence-electron chi connectivity index (χ0n) is 13.1. The zero-order valence-corrected chi connectivity index (χ0v) is 13.9. The number of carbonyl (C=O) groups excluding carboxylic acids is 1. The Kier molecular flexibility index (Phi) is 5.55. The van der Waals surface area contributed by atoms with Crippen molar-refractivity contribution in [3.05, 3.63) is 30.1 Å². The number of benzene rings is 1. The smallest absolute Gasteiger partial charge is 0.308 e. The van der Waals surface area contributed by atoms with Crippen molar-refractivity contribution in [2.75, 3.05) is 13.1 Å². The average Bonchev–Trinajstić information content (AvgIpc) is 2.54.